The summed E-state index contributed by atoms with van der Waals surface area (Å²) in [5.41, 5.74) is 0. The molecule has 0 aromatic carbocycles. The van der Waals surface area contributed by atoms with Crippen LogP contribution < -0.4 is 5.32 Å². The van der Waals surface area contributed by atoms with Gasteiger partial charge in [-0.05, 0) is 18.3 Å². The van der Waals surface area contributed by atoms with Crippen molar-refractivity contribution >= 4 is 0 Å². The highest BCUT2D eigenvalue weighted by molar-refractivity contribution is 4.90. The van der Waals surface area contributed by atoms with Crippen molar-refractivity contribution in [2.75, 3.05) is 19.6 Å². The molecule has 1 fully saturated rings. The molecule has 94 valence electrons. The minimum absolute atomic E-state index is 0.662. The zero-order valence-corrected chi connectivity index (χ0v) is 11.4. The van der Waals surface area contributed by atoms with Crippen molar-refractivity contribution in [1.82, 2.24) is 10.2 Å². The largest absolute Gasteiger partial charge is 0.311 e. The molecule has 2 heteroatoms. The molecule has 1 aliphatic heterocycles. The van der Waals surface area contributed by atoms with Gasteiger partial charge in [0, 0.05) is 31.7 Å². The van der Waals surface area contributed by atoms with Crippen molar-refractivity contribution < 1.29 is 0 Å². The van der Waals surface area contributed by atoms with Crippen LogP contribution in [0.3, 0.4) is 0 Å². The van der Waals surface area contributed by atoms with Crippen molar-refractivity contribution in [2.45, 2.75) is 46.2 Å². The van der Waals surface area contributed by atoms with Gasteiger partial charge >= 0.3 is 0 Å². The van der Waals surface area contributed by atoms with Gasteiger partial charge in [-0.2, -0.15) is 0 Å². The Morgan fingerprint density at radius 2 is 2.06 bits per heavy atom. The lowest BCUT2D eigenvalue weighted by Crippen LogP contribution is -2.58. The average molecular weight is 224 g/mol. The highest BCUT2D eigenvalue weighted by atomic mass is 15.2. The summed E-state index contributed by atoms with van der Waals surface area (Å²) in [7, 11) is 0. The normalized spacial score (nSPS) is 27.6. The van der Waals surface area contributed by atoms with Gasteiger partial charge in [-0.15, -0.1) is 6.58 Å². The fourth-order valence-corrected chi connectivity index (χ4v) is 2.66. The minimum Gasteiger partial charge on any atom is -0.311 e. The first kappa shape index (κ1) is 13.7. The molecule has 0 aromatic heterocycles. The molecule has 16 heavy (non-hydrogen) atoms. The summed E-state index contributed by atoms with van der Waals surface area (Å²) in [5.74, 6) is 1.49. The summed E-state index contributed by atoms with van der Waals surface area (Å²) < 4.78 is 0. The van der Waals surface area contributed by atoms with E-state index in [1.54, 1.807) is 0 Å². The Hall–Kier alpha value is -0.340. The Balaban J connectivity index is 2.53. The van der Waals surface area contributed by atoms with Gasteiger partial charge in [-0.1, -0.05) is 33.8 Å². The number of hydrogen-bond donors (Lipinski definition) is 1. The molecule has 0 aliphatic carbocycles. The van der Waals surface area contributed by atoms with Crippen LogP contribution in [0.25, 0.3) is 0 Å². The van der Waals surface area contributed by atoms with E-state index in [2.05, 4.69) is 44.5 Å². The number of nitrogens with zero attached hydrogens (tertiary/aromatic N) is 1. The van der Waals surface area contributed by atoms with Crippen LogP contribution in [0.1, 0.15) is 34.1 Å². The third kappa shape index (κ3) is 3.91. The van der Waals surface area contributed by atoms with E-state index >= 15 is 0 Å². The Bertz CT molecular complexity index is 211. The second kappa shape index (κ2) is 6.41. The van der Waals surface area contributed by atoms with E-state index in [-0.39, 0.29) is 0 Å². The lowest BCUT2D eigenvalue weighted by molar-refractivity contribution is 0.105. The van der Waals surface area contributed by atoms with Crippen LogP contribution in [-0.2, 0) is 0 Å². The monoisotopic (exact) mass is 224 g/mol. The zero-order valence-electron chi connectivity index (χ0n) is 11.4. The third-order valence-corrected chi connectivity index (χ3v) is 3.43. The van der Waals surface area contributed by atoms with Crippen molar-refractivity contribution in [3.8, 4) is 0 Å². The van der Waals surface area contributed by atoms with Crippen LogP contribution >= 0.6 is 0 Å². The molecule has 1 aliphatic rings. The molecule has 0 bridgehead atoms. The van der Waals surface area contributed by atoms with Crippen LogP contribution in [0.4, 0.5) is 0 Å². The van der Waals surface area contributed by atoms with Gasteiger partial charge in [0.05, 0.1) is 0 Å². The van der Waals surface area contributed by atoms with Gasteiger partial charge < -0.3 is 5.32 Å². The fraction of sp³-hybridized carbons (Fsp3) is 0.857. The van der Waals surface area contributed by atoms with Gasteiger partial charge in [-0.3, -0.25) is 4.90 Å². The summed E-state index contributed by atoms with van der Waals surface area (Å²) >= 11 is 0. The second-order valence-electron chi connectivity index (χ2n) is 5.79. The predicted octanol–water partition coefficient (Wildman–Crippen LogP) is 2.52. The molecule has 2 atom stereocenters. The van der Waals surface area contributed by atoms with Crippen LogP contribution in [0.2, 0.25) is 0 Å². The first-order valence-corrected chi connectivity index (χ1v) is 6.63. The lowest BCUT2D eigenvalue weighted by atomic mass is 9.95. The van der Waals surface area contributed by atoms with Crippen molar-refractivity contribution in [1.29, 1.82) is 0 Å². The molecule has 2 unspecified atom stereocenters. The maximum absolute atomic E-state index is 3.87. The maximum atomic E-state index is 3.87. The van der Waals surface area contributed by atoms with Crippen molar-refractivity contribution in [3.05, 3.63) is 12.7 Å². The molecule has 0 spiro atoms. The first-order valence-electron chi connectivity index (χ1n) is 6.63. The van der Waals surface area contributed by atoms with E-state index in [9.17, 15) is 0 Å². The van der Waals surface area contributed by atoms with E-state index < -0.39 is 0 Å². The van der Waals surface area contributed by atoms with Gasteiger partial charge in [0.25, 0.3) is 0 Å². The van der Waals surface area contributed by atoms with Crippen molar-refractivity contribution in [2.24, 2.45) is 11.8 Å². The molecule has 0 saturated carbocycles. The Morgan fingerprint density at radius 1 is 1.38 bits per heavy atom. The SMILES string of the molecule is C=CCN1CC(CC(C)C)NCC1C(C)C. The summed E-state index contributed by atoms with van der Waals surface area (Å²) in [6, 6.07) is 1.33. The highest BCUT2D eigenvalue weighted by Crippen LogP contribution is 2.18. The zero-order chi connectivity index (χ0) is 12.1. The van der Waals surface area contributed by atoms with Gasteiger partial charge in [0.1, 0.15) is 0 Å². The molecule has 0 radical (unpaired) electrons. The summed E-state index contributed by atoms with van der Waals surface area (Å²) in [5, 5.41) is 3.69. The number of hydrogen-bond acceptors (Lipinski definition) is 2. The van der Waals surface area contributed by atoms with Crippen LogP contribution in [0.5, 0.6) is 0 Å². The second-order valence-corrected chi connectivity index (χ2v) is 5.79. The van der Waals surface area contributed by atoms with E-state index in [4.69, 9.17) is 0 Å². The smallest absolute Gasteiger partial charge is 0.0247 e. The molecule has 1 rings (SSSR count). The molecule has 0 amide bonds. The topological polar surface area (TPSA) is 15.3 Å². The van der Waals surface area contributed by atoms with Gasteiger partial charge in [-0.25, -0.2) is 0 Å². The van der Waals surface area contributed by atoms with Crippen LogP contribution in [-0.4, -0.2) is 36.6 Å². The molecular weight excluding hydrogens is 196 g/mol. The quantitative estimate of drug-likeness (QED) is 0.722. The summed E-state index contributed by atoms with van der Waals surface area (Å²) in [4.78, 5) is 2.58. The molecule has 0 aromatic rings. The predicted molar refractivity (Wildman–Crippen MR) is 71.6 cm³/mol. The molecule has 2 nitrogen and oxygen atoms in total. The standard InChI is InChI=1S/C14H28N2/c1-6-7-16-10-13(8-11(2)3)15-9-14(16)12(4)5/h6,11-15H,1,7-10H2,2-5H3. The molecule has 1 saturated heterocycles. The first-order chi connectivity index (χ1) is 7.54. The van der Waals surface area contributed by atoms with Gasteiger partial charge in [0.2, 0.25) is 0 Å². The highest BCUT2D eigenvalue weighted by Gasteiger charge is 2.28. The molecular formula is C14H28N2. The summed E-state index contributed by atoms with van der Waals surface area (Å²) in [6.07, 6.45) is 3.31. The fourth-order valence-electron chi connectivity index (χ4n) is 2.66. The Morgan fingerprint density at radius 3 is 2.56 bits per heavy atom. The number of nitrogens with one attached hydrogen (secondary N) is 1. The summed E-state index contributed by atoms with van der Waals surface area (Å²) in [6.45, 7) is 16.4. The maximum Gasteiger partial charge on any atom is 0.0247 e. The molecule has 1 N–H and O–H groups in total. The minimum atomic E-state index is 0.662. The van der Waals surface area contributed by atoms with Crippen LogP contribution in [0, 0.1) is 11.8 Å². The van der Waals surface area contributed by atoms with Crippen molar-refractivity contribution in [3.63, 3.8) is 0 Å². The van der Waals surface area contributed by atoms with E-state index in [1.165, 1.54) is 13.0 Å². The average Bonchev–Trinajstić information content (AvgIpc) is 2.17. The van der Waals surface area contributed by atoms with E-state index in [0.717, 1.165) is 19.0 Å². The Kier molecular flexibility index (Phi) is 5.50. The number of piperazine rings is 1. The van der Waals surface area contributed by atoms with Gasteiger partial charge in [0.15, 0.2) is 0 Å². The van der Waals surface area contributed by atoms with Crippen LogP contribution in [0.15, 0.2) is 12.7 Å². The van der Waals surface area contributed by atoms with E-state index in [1.807, 2.05) is 6.08 Å². The third-order valence-electron chi connectivity index (χ3n) is 3.43. The molecule has 1 heterocycles. The Labute approximate surface area is 101 Å². The lowest BCUT2D eigenvalue weighted by Gasteiger charge is -2.42. The number of rotatable bonds is 5. The van der Waals surface area contributed by atoms with E-state index in [0.29, 0.717) is 18.0 Å².